The second kappa shape index (κ2) is 10.3. The molecule has 12 heteroatoms. The minimum absolute atomic E-state index is 0.130. The minimum Gasteiger partial charge on any atom is -0.394 e. The van der Waals surface area contributed by atoms with Gasteiger partial charge in [0.15, 0.2) is 6.23 Å². The molecule has 36 heavy (non-hydrogen) atoms. The summed E-state index contributed by atoms with van der Waals surface area (Å²) in [6, 6.07) is 17.6. The van der Waals surface area contributed by atoms with E-state index in [-0.39, 0.29) is 31.5 Å². The monoisotopic (exact) mass is 604 g/mol. The van der Waals surface area contributed by atoms with E-state index in [1.165, 1.54) is 0 Å². The van der Waals surface area contributed by atoms with Gasteiger partial charge in [0.05, 0.1) is 18.9 Å². The number of fused-ring (bicyclic) bond motifs is 1. The number of ether oxygens (including phenoxy) is 1. The van der Waals surface area contributed by atoms with Gasteiger partial charge in [-0.2, -0.15) is 0 Å². The van der Waals surface area contributed by atoms with Gasteiger partial charge in [-0.05, 0) is 46.9 Å². The second-order valence-corrected chi connectivity index (χ2v) is 9.51. The fourth-order valence-electron chi connectivity index (χ4n) is 4.22. The van der Waals surface area contributed by atoms with E-state index in [1.807, 2.05) is 12.1 Å². The molecule has 3 aliphatic heterocycles. The van der Waals surface area contributed by atoms with Crippen LogP contribution in [0.25, 0.3) is 0 Å². The van der Waals surface area contributed by atoms with Gasteiger partial charge in [-0.3, -0.25) is 40.9 Å². The Morgan fingerprint density at radius 1 is 1.03 bits per heavy atom. The highest BCUT2D eigenvalue weighted by molar-refractivity contribution is 14.1. The van der Waals surface area contributed by atoms with E-state index in [9.17, 15) is 19.8 Å². The molecular formula is C24H25IN6O5. The van der Waals surface area contributed by atoms with E-state index in [0.29, 0.717) is 26.2 Å². The molecule has 1 saturated heterocycles. The van der Waals surface area contributed by atoms with Gasteiger partial charge in [-0.1, -0.05) is 36.4 Å². The van der Waals surface area contributed by atoms with E-state index < -0.39 is 18.4 Å². The van der Waals surface area contributed by atoms with Crippen molar-refractivity contribution in [3.63, 3.8) is 0 Å². The molecule has 3 atom stereocenters. The van der Waals surface area contributed by atoms with E-state index in [2.05, 4.69) is 38.9 Å². The first-order valence-electron chi connectivity index (χ1n) is 11.3. The van der Waals surface area contributed by atoms with Crippen LogP contribution in [0, 0.1) is 0 Å². The normalized spacial score (nSPS) is 23.2. The minimum atomic E-state index is -0.824. The zero-order valence-corrected chi connectivity index (χ0v) is 21.2. The Hall–Kier alpha value is -3.33. The second-order valence-electron chi connectivity index (χ2n) is 8.43. The summed E-state index contributed by atoms with van der Waals surface area (Å²) in [5.74, 6) is -0.622. The van der Waals surface area contributed by atoms with Crippen molar-refractivity contribution in [3.05, 3.63) is 93.1 Å². The molecule has 0 unspecified atom stereocenters. The third kappa shape index (κ3) is 4.84. The SMILES string of the molecule is O=C(NN1C=C2C(=C(I)NN2[C@H]2C[C@H](O)[C@@H](CO)O2)N(NC(=O)c2ccccc2)C1)c1ccccc1. The van der Waals surface area contributed by atoms with Gasteiger partial charge in [0.2, 0.25) is 0 Å². The number of carbonyl (C=O) groups is 2. The predicted octanol–water partition coefficient (Wildman–Crippen LogP) is 0.985. The molecule has 11 nitrogen and oxygen atoms in total. The number of nitrogens with one attached hydrogen (secondary N) is 3. The van der Waals surface area contributed by atoms with Crippen molar-refractivity contribution >= 4 is 34.4 Å². The maximum absolute atomic E-state index is 13.0. The van der Waals surface area contributed by atoms with Crippen LogP contribution in [-0.4, -0.2) is 68.8 Å². The van der Waals surface area contributed by atoms with Crippen molar-refractivity contribution < 1.29 is 24.5 Å². The van der Waals surface area contributed by atoms with Crippen molar-refractivity contribution in [2.75, 3.05) is 13.3 Å². The van der Waals surface area contributed by atoms with Gasteiger partial charge >= 0.3 is 0 Å². The van der Waals surface area contributed by atoms with E-state index in [0.717, 1.165) is 0 Å². The number of rotatable bonds is 6. The molecule has 3 heterocycles. The number of carbonyl (C=O) groups excluding carboxylic acids is 2. The maximum atomic E-state index is 13.0. The lowest BCUT2D eigenvalue weighted by atomic mass is 10.2. The van der Waals surface area contributed by atoms with Crippen LogP contribution in [0.2, 0.25) is 0 Å². The summed E-state index contributed by atoms with van der Waals surface area (Å²) in [5, 5.41) is 24.7. The Labute approximate surface area is 221 Å². The maximum Gasteiger partial charge on any atom is 0.269 e. The van der Waals surface area contributed by atoms with Gasteiger partial charge in [-0.15, -0.1) is 0 Å². The predicted molar refractivity (Wildman–Crippen MR) is 137 cm³/mol. The van der Waals surface area contributed by atoms with Crippen LogP contribution in [0.15, 0.2) is 82.0 Å². The topological polar surface area (TPSA) is 130 Å². The molecule has 1 fully saturated rings. The summed E-state index contributed by atoms with van der Waals surface area (Å²) in [5.41, 5.74) is 11.3. The summed E-state index contributed by atoms with van der Waals surface area (Å²) in [4.78, 5) is 25.9. The first-order chi connectivity index (χ1) is 17.4. The zero-order valence-electron chi connectivity index (χ0n) is 19.0. The Morgan fingerprint density at radius 2 is 1.64 bits per heavy atom. The summed E-state index contributed by atoms with van der Waals surface area (Å²) < 4.78 is 6.57. The van der Waals surface area contributed by atoms with Crippen molar-refractivity contribution in [1.82, 2.24) is 31.3 Å². The summed E-state index contributed by atoms with van der Waals surface area (Å²) in [6.45, 7) is -0.175. The van der Waals surface area contributed by atoms with Crippen LogP contribution in [0.4, 0.5) is 0 Å². The molecule has 0 spiro atoms. The summed E-state index contributed by atoms with van der Waals surface area (Å²) in [6.07, 6.45) is -0.107. The molecule has 5 rings (SSSR count). The first-order valence-corrected chi connectivity index (χ1v) is 12.4. The summed E-state index contributed by atoms with van der Waals surface area (Å²) >= 11 is 2.13. The number of hydrogen-bond acceptors (Lipinski definition) is 9. The Kier molecular flexibility index (Phi) is 7.00. The quantitative estimate of drug-likeness (QED) is 0.242. The van der Waals surface area contributed by atoms with Crippen LogP contribution in [0.3, 0.4) is 0 Å². The molecule has 2 amide bonds. The standard InChI is InChI=1S/C24H25IN6O5/c25-22-21-17(31(26-22)20-11-18(33)19(13-32)36-20)12-29(27-23(34)15-7-3-1-4-8-15)14-30(21)28-24(35)16-9-5-2-6-10-16/h1-10,12,18-20,26,32-33H,11,13-14H2,(H,27,34)(H,28,35)/t18-,19+,20+/m0/s1. The number of aliphatic hydroxyl groups excluding tert-OH is 2. The Balaban J connectivity index is 1.43. The lowest BCUT2D eigenvalue weighted by molar-refractivity contribution is -0.0767. The molecule has 2 aromatic carbocycles. The van der Waals surface area contributed by atoms with Gasteiger partial charge in [0, 0.05) is 17.5 Å². The van der Waals surface area contributed by atoms with Crippen LogP contribution in [-0.2, 0) is 4.74 Å². The van der Waals surface area contributed by atoms with Gasteiger partial charge in [0.1, 0.15) is 27.9 Å². The highest BCUT2D eigenvalue weighted by atomic mass is 127. The van der Waals surface area contributed by atoms with Crippen LogP contribution in [0.5, 0.6) is 0 Å². The number of nitrogens with zero attached hydrogens (tertiary/aromatic N) is 3. The third-order valence-corrected chi connectivity index (χ3v) is 6.75. The third-order valence-electron chi connectivity index (χ3n) is 6.00. The molecule has 0 saturated carbocycles. The lowest BCUT2D eigenvalue weighted by Crippen LogP contribution is -2.55. The van der Waals surface area contributed by atoms with Crippen molar-refractivity contribution in [3.8, 4) is 0 Å². The summed E-state index contributed by atoms with van der Waals surface area (Å²) in [7, 11) is 0. The van der Waals surface area contributed by atoms with E-state index >= 15 is 0 Å². The average molecular weight is 604 g/mol. The highest BCUT2D eigenvalue weighted by Crippen LogP contribution is 2.37. The van der Waals surface area contributed by atoms with Crippen LogP contribution >= 0.6 is 22.6 Å². The number of benzene rings is 2. The number of hydrogen-bond donors (Lipinski definition) is 5. The van der Waals surface area contributed by atoms with Crippen molar-refractivity contribution in [2.24, 2.45) is 0 Å². The van der Waals surface area contributed by atoms with E-state index in [4.69, 9.17) is 4.74 Å². The molecule has 0 aromatic heterocycles. The zero-order chi connectivity index (χ0) is 25.2. The Morgan fingerprint density at radius 3 is 2.22 bits per heavy atom. The smallest absolute Gasteiger partial charge is 0.269 e. The Bertz CT molecular complexity index is 1190. The average Bonchev–Trinajstić information content (AvgIpc) is 3.44. The molecule has 2 aromatic rings. The van der Waals surface area contributed by atoms with Crippen molar-refractivity contribution in [2.45, 2.75) is 24.9 Å². The molecule has 0 aliphatic carbocycles. The number of hydrazine groups is 3. The number of halogens is 1. The van der Waals surface area contributed by atoms with Gasteiger partial charge < -0.3 is 14.9 Å². The van der Waals surface area contributed by atoms with Crippen molar-refractivity contribution in [1.29, 1.82) is 0 Å². The van der Waals surface area contributed by atoms with Crippen LogP contribution < -0.4 is 16.3 Å². The molecule has 188 valence electrons. The number of amides is 2. The highest BCUT2D eigenvalue weighted by Gasteiger charge is 2.44. The fraction of sp³-hybridized carbons (Fsp3) is 0.250. The largest absolute Gasteiger partial charge is 0.394 e. The molecular weight excluding hydrogens is 579 g/mol. The molecule has 3 aliphatic rings. The molecule has 5 N–H and O–H groups in total. The van der Waals surface area contributed by atoms with Gasteiger partial charge in [-0.25, -0.2) is 0 Å². The first kappa shape index (κ1) is 24.4. The lowest BCUT2D eigenvalue weighted by Gasteiger charge is -2.38. The fourth-order valence-corrected chi connectivity index (χ4v) is 5.05. The van der Waals surface area contributed by atoms with Crippen LogP contribution in [0.1, 0.15) is 27.1 Å². The van der Waals surface area contributed by atoms with E-state index in [1.54, 1.807) is 69.8 Å². The van der Waals surface area contributed by atoms with Gasteiger partial charge in [0.25, 0.3) is 11.8 Å². The molecule has 0 radical (unpaired) electrons. The number of aliphatic hydroxyl groups is 2. The molecule has 0 bridgehead atoms.